The number of aromatic nitrogens is 6. The van der Waals surface area contributed by atoms with Crippen LogP contribution in [0.4, 0.5) is 4.39 Å². The molecule has 0 radical (unpaired) electrons. The van der Waals surface area contributed by atoms with Crippen molar-refractivity contribution in [2.45, 2.75) is 51.6 Å². The highest BCUT2D eigenvalue weighted by molar-refractivity contribution is 6.31. The number of pyridine rings is 2. The summed E-state index contributed by atoms with van der Waals surface area (Å²) in [6.45, 7) is 4.47. The maximum Gasteiger partial charge on any atom is 0.271 e. The maximum atomic E-state index is 14.5. The Morgan fingerprint density at radius 1 is 1.22 bits per heavy atom. The van der Waals surface area contributed by atoms with Gasteiger partial charge in [-0.1, -0.05) is 31.5 Å². The van der Waals surface area contributed by atoms with E-state index in [0.29, 0.717) is 17.3 Å². The number of rotatable bonds is 6. The lowest BCUT2D eigenvalue weighted by Crippen LogP contribution is -2.23. The molecule has 5 aromatic heterocycles. The average Bonchev–Trinajstić information content (AvgIpc) is 3.65. The van der Waals surface area contributed by atoms with Crippen molar-refractivity contribution in [1.29, 1.82) is 0 Å². The lowest BCUT2D eigenvalue weighted by Gasteiger charge is -2.09. The lowest BCUT2D eigenvalue weighted by molar-refractivity contribution is 0.0945. The molecule has 184 valence electrons. The Balaban J connectivity index is 1.21. The molecule has 1 amide bonds. The van der Waals surface area contributed by atoms with Crippen molar-refractivity contribution in [1.82, 2.24) is 33.6 Å². The van der Waals surface area contributed by atoms with Crippen LogP contribution in [0.1, 0.15) is 71.9 Å². The van der Waals surface area contributed by atoms with Crippen LogP contribution in [0.25, 0.3) is 11.2 Å². The van der Waals surface area contributed by atoms with Gasteiger partial charge in [-0.2, -0.15) is 0 Å². The molecule has 0 bridgehead atoms. The number of halogens is 2. The van der Waals surface area contributed by atoms with Crippen LogP contribution in [-0.4, -0.2) is 34.2 Å². The Hall–Kier alpha value is -3.72. The van der Waals surface area contributed by atoms with Crippen molar-refractivity contribution < 1.29 is 9.18 Å². The van der Waals surface area contributed by atoms with Gasteiger partial charge >= 0.3 is 0 Å². The van der Waals surface area contributed by atoms with Gasteiger partial charge in [-0.05, 0) is 36.5 Å². The molecule has 6 heterocycles. The summed E-state index contributed by atoms with van der Waals surface area (Å²) in [4.78, 5) is 26.5. The van der Waals surface area contributed by atoms with Crippen molar-refractivity contribution in [2.75, 3.05) is 0 Å². The topological polar surface area (TPSA) is 81.5 Å². The molecule has 10 heteroatoms. The molecule has 1 N–H and O–H groups in total. The molecule has 0 aliphatic carbocycles. The van der Waals surface area contributed by atoms with Crippen molar-refractivity contribution in [3.05, 3.63) is 88.6 Å². The zero-order valence-corrected chi connectivity index (χ0v) is 20.7. The lowest BCUT2D eigenvalue weighted by atomic mass is 10.0. The van der Waals surface area contributed by atoms with E-state index in [1.54, 1.807) is 16.8 Å². The molecule has 2 atom stereocenters. The van der Waals surface area contributed by atoms with Crippen molar-refractivity contribution in [3.8, 4) is 0 Å². The van der Waals surface area contributed by atoms with Gasteiger partial charge in [-0.25, -0.2) is 19.3 Å². The molecular formula is C26H25ClFN7O. The number of carbonyl (C=O) groups excluding carboxylic acids is 1. The average molecular weight is 506 g/mol. The number of amides is 1. The van der Waals surface area contributed by atoms with Crippen molar-refractivity contribution >= 4 is 28.7 Å². The maximum absolute atomic E-state index is 14.5. The van der Waals surface area contributed by atoms with Gasteiger partial charge < -0.3 is 18.7 Å². The predicted octanol–water partition coefficient (Wildman–Crippen LogP) is 4.95. The third-order valence-corrected chi connectivity index (χ3v) is 7.41. The Morgan fingerprint density at radius 2 is 2.08 bits per heavy atom. The molecule has 6 rings (SSSR count). The molecule has 1 aliphatic rings. The minimum Gasteiger partial charge on any atom is -0.345 e. The van der Waals surface area contributed by atoms with Crippen LogP contribution in [0.3, 0.4) is 0 Å². The molecule has 0 aromatic carbocycles. The first kappa shape index (κ1) is 22.7. The highest BCUT2D eigenvalue weighted by Crippen LogP contribution is 2.32. The summed E-state index contributed by atoms with van der Waals surface area (Å²) in [5.41, 5.74) is 4.11. The summed E-state index contributed by atoms with van der Waals surface area (Å²) in [6, 6.07) is 5.69. The zero-order chi connectivity index (χ0) is 25.0. The summed E-state index contributed by atoms with van der Waals surface area (Å²) in [5.74, 6) is 0.440. The fourth-order valence-corrected chi connectivity index (χ4v) is 5.02. The molecule has 0 fully saturated rings. The standard InChI is InChI=1S/C26H25ClFN7O/c1-3-15(2)16-4-6-22-31-19(12-34(22)11-16)21-5-7-23-32-20(13-35(21)23)26(36)29-10-18-25-24(28)17(27)8-9-33(25)14-30-18/h4,6,8-9,11-15,21H,3,5,7,10H2,1-2H3,(H,29,36). The summed E-state index contributed by atoms with van der Waals surface area (Å²) in [6.07, 6.45) is 11.9. The molecule has 8 nitrogen and oxygen atoms in total. The fraction of sp³-hybridized carbons (Fsp3) is 0.308. The first-order valence-electron chi connectivity index (χ1n) is 12.1. The third-order valence-electron chi connectivity index (χ3n) is 7.12. The SMILES string of the molecule is CCC(C)c1ccc2nc(C3CCc4nc(C(=O)NCc5ncn6ccc(Cl)c(F)c56)cn43)cn2c1. The van der Waals surface area contributed by atoms with Gasteiger partial charge in [0.05, 0.1) is 35.3 Å². The van der Waals surface area contributed by atoms with E-state index < -0.39 is 5.82 Å². The third kappa shape index (κ3) is 3.74. The second-order valence-corrected chi connectivity index (χ2v) is 9.72. The van der Waals surface area contributed by atoms with E-state index in [2.05, 4.69) is 58.1 Å². The number of imidazole rings is 3. The van der Waals surface area contributed by atoms with Gasteiger partial charge in [-0.15, -0.1) is 0 Å². The van der Waals surface area contributed by atoms with Crippen LogP contribution >= 0.6 is 11.6 Å². The van der Waals surface area contributed by atoms with Gasteiger partial charge in [-0.3, -0.25) is 4.79 Å². The van der Waals surface area contributed by atoms with E-state index in [9.17, 15) is 9.18 Å². The van der Waals surface area contributed by atoms with E-state index in [-0.39, 0.29) is 29.0 Å². The van der Waals surface area contributed by atoms with E-state index >= 15 is 0 Å². The van der Waals surface area contributed by atoms with E-state index in [1.807, 2.05) is 4.57 Å². The smallest absolute Gasteiger partial charge is 0.271 e. The van der Waals surface area contributed by atoms with Crippen LogP contribution in [0, 0.1) is 5.82 Å². The highest BCUT2D eigenvalue weighted by Gasteiger charge is 2.29. The van der Waals surface area contributed by atoms with Crippen molar-refractivity contribution in [2.24, 2.45) is 0 Å². The van der Waals surface area contributed by atoms with Gasteiger partial charge in [0, 0.05) is 31.2 Å². The number of nitrogens with one attached hydrogen (secondary N) is 1. The predicted molar refractivity (Wildman–Crippen MR) is 134 cm³/mol. The summed E-state index contributed by atoms with van der Waals surface area (Å²) >= 11 is 5.91. The number of hydrogen-bond acceptors (Lipinski definition) is 4. The zero-order valence-electron chi connectivity index (χ0n) is 19.9. The monoisotopic (exact) mass is 505 g/mol. The molecular weight excluding hydrogens is 481 g/mol. The van der Waals surface area contributed by atoms with Crippen LogP contribution < -0.4 is 5.32 Å². The number of hydrogen-bond donors (Lipinski definition) is 1. The quantitative estimate of drug-likeness (QED) is 0.354. The van der Waals surface area contributed by atoms with Crippen LogP contribution in [0.2, 0.25) is 5.02 Å². The first-order valence-corrected chi connectivity index (χ1v) is 12.4. The minimum atomic E-state index is -0.562. The Morgan fingerprint density at radius 3 is 2.92 bits per heavy atom. The number of aryl methyl sites for hydroxylation is 1. The fourth-order valence-electron chi connectivity index (χ4n) is 4.88. The van der Waals surface area contributed by atoms with Gasteiger partial charge in [0.2, 0.25) is 0 Å². The summed E-state index contributed by atoms with van der Waals surface area (Å²) in [7, 11) is 0. The Kier molecular flexibility index (Phi) is 5.52. The van der Waals surface area contributed by atoms with Gasteiger partial charge in [0.1, 0.15) is 22.7 Å². The Labute approximate surface area is 211 Å². The van der Waals surface area contributed by atoms with Gasteiger partial charge in [0.25, 0.3) is 5.91 Å². The largest absolute Gasteiger partial charge is 0.345 e. The molecule has 1 aliphatic heterocycles. The molecule has 2 unspecified atom stereocenters. The minimum absolute atomic E-state index is 0.00943. The molecule has 0 saturated heterocycles. The van der Waals surface area contributed by atoms with E-state index in [1.165, 1.54) is 18.0 Å². The summed E-state index contributed by atoms with van der Waals surface area (Å²) in [5, 5.41) is 2.82. The first-order chi connectivity index (χ1) is 17.4. The van der Waals surface area contributed by atoms with Crippen LogP contribution in [-0.2, 0) is 13.0 Å². The van der Waals surface area contributed by atoms with Gasteiger partial charge in [0.15, 0.2) is 5.82 Å². The van der Waals surface area contributed by atoms with Crippen LogP contribution in [0.5, 0.6) is 0 Å². The number of fused-ring (bicyclic) bond motifs is 3. The normalized spacial score (nSPS) is 16.1. The number of carbonyl (C=O) groups is 1. The molecule has 0 spiro atoms. The second kappa shape index (κ2) is 8.74. The summed E-state index contributed by atoms with van der Waals surface area (Å²) < 4.78 is 20.1. The van der Waals surface area contributed by atoms with E-state index in [4.69, 9.17) is 16.6 Å². The molecule has 0 saturated carbocycles. The van der Waals surface area contributed by atoms with Crippen LogP contribution in [0.15, 0.2) is 49.3 Å². The number of nitrogens with zero attached hydrogens (tertiary/aromatic N) is 6. The molecule has 5 aromatic rings. The highest BCUT2D eigenvalue weighted by atomic mass is 35.5. The Bertz CT molecular complexity index is 1620. The van der Waals surface area contributed by atoms with Crippen molar-refractivity contribution in [3.63, 3.8) is 0 Å². The van der Waals surface area contributed by atoms with E-state index in [0.717, 1.165) is 36.4 Å². The molecule has 36 heavy (non-hydrogen) atoms. The second-order valence-electron chi connectivity index (χ2n) is 9.31.